The van der Waals surface area contributed by atoms with Crippen LogP contribution in [0.3, 0.4) is 0 Å². The zero-order chi connectivity index (χ0) is 12.2. The fourth-order valence-electron chi connectivity index (χ4n) is 4.16. The Morgan fingerprint density at radius 2 is 2.00 bits per heavy atom. The molecule has 3 aliphatic carbocycles. The van der Waals surface area contributed by atoms with Crippen molar-refractivity contribution in [2.45, 2.75) is 62.6 Å². The molecule has 4 fully saturated rings. The number of nitrogens with zero attached hydrogens (tertiary/aromatic N) is 2. The lowest BCUT2D eigenvalue weighted by atomic mass is 9.93. The lowest BCUT2D eigenvalue weighted by Gasteiger charge is -2.36. The predicted octanol–water partition coefficient (Wildman–Crippen LogP) is 1.90. The quantitative estimate of drug-likeness (QED) is 0.804. The number of rotatable bonds is 5. The number of likely N-dealkylation sites (tertiary alicyclic amines) is 1. The number of fused-ring (bicyclic) bond motifs is 2. The van der Waals surface area contributed by atoms with Gasteiger partial charge in [-0.05, 0) is 56.8 Å². The summed E-state index contributed by atoms with van der Waals surface area (Å²) in [5.41, 5.74) is -0.217. The van der Waals surface area contributed by atoms with E-state index in [0.717, 1.165) is 18.5 Å². The Hall–Kier alpha value is -0.590. The van der Waals surface area contributed by atoms with E-state index in [2.05, 4.69) is 16.3 Å². The second kappa shape index (κ2) is 3.95. The van der Waals surface area contributed by atoms with Gasteiger partial charge in [0.2, 0.25) is 0 Å². The van der Waals surface area contributed by atoms with Crippen LogP contribution in [0.5, 0.6) is 0 Å². The molecule has 98 valence electrons. The maximum atomic E-state index is 9.75. The molecule has 3 heteroatoms. The number of nitrogens with one attached hydrogen (secondary N) is 1. The summed E-state index contributed by atoms with van der Waals surface area (Å²) in [6.45, 7) is 2.25. The molecule has 0 aromatic rings. The van der Waals surface area contributed by atoms with E-state index in [1.165, 1.54) is 51.5 Å². The third-order valence-corrected chi connectivity index (χ3v) is 5.49. The van der Waals surface area contributed by atoms with Gasteiger partial charge >= 0.3 is 0 Å². The SMILES string of the molecule is N#CC(CN1CC2CCC1C2)(NC1CC1)C1CC1. The topological polar surface area (TPSA) is 39.1 Å². The van der Waals surface area contributed by atoms with E-state index in [-0.39, 0.29) is 5.54 Å². The molecule has 1 heterocycles. The molecule has 0 amide bonds. The van der Waals surface area contributed by atoms with Gasteiger partial charge in [-0.2, -0.15) is 5.26 Å². The zero-order valence-electron chi connectivity index (χ0n) is 11.1. The summed E-state index contributed by atoms with van der Waals surface area (Å²) >= 11 is 0. The molecular weight excluding hydrogens is 222 g/mol. The molecule has 1 saturated heterocycles. The zero-order valence-corrected chi connectivity index (χ0v) is 11.1. The fourth-order valence-corrected chi connectivity index (χ4v) is 4.16. The van der Waals surface area contributed by atoms with Crippen molar-refractivity contribution >= 4 is 0 Å². The van der Waals surface area contributed by atoms with Crippen LogP contribution >= 0.6 is 0 Å². The van der Waals surface area contributed by atoms with Crippen LogP contribution < -0.4 is 5.32 Å². The lowest BCUT2D eigenvalue weighted by molar-refractivity contribution is 0.156. The van der Waals surface area contributed by atoms with Crippen LogP contribution in [-0.2, 0) is 0 Å². The smallest absolute Gasteiger partial charge is 0.122 e. The van der Waals surface area contributed by atoms with Gasteiger partial charge in [-0.25, -0.2) is 0 Å². The normalized spacial score (nSPS) is 38.6. The van der Waals surface area contributed by atoms with E-state index in [1.54, 1.807) is 0 Å². The van der Waals surface area contributed by atoms with E-state index in [1.807, 2.05) is 0 Å². The molecule has 18 heavy (non-hydrogen) atoms. The Labute approximate surface area is 110 Å². The number of hydrogen-bond acceptors (Lipinski definition) is 3. The maximum Gasteiger partial charge on any atom is 0.122 e. The molecule has 1 N–H and O–H groups in total. The van der Waals surface area contributed by atoms with Crippen LogP contribution in [0.2, 0.25) is 0 Å². The molecule has 0 radical (unpaired) electrons. The molecule has 3 atom stereocenters. The first kappa shape index (κ1) is 11.3. The summed E-state index contributed by atoms with van der Waals surface area (Å²) in [7, 11) is 0. The van der Waals surface area contributed by atoms with Crippen LogP contribution in [-0.4, -0.2) is 35.6 Å². The summed E-state index contributed by atoms with van der Waals surface area (Å²) < 4.78 is 0. The summed E-state index contributed by atoms with van der Waals surface area (Å²) in [6, 6.07) is 4.12. The van der Waals surface area contributed by atoms with Gasteiger partial charge in [0.05, 0.1) is 6.07 Å². The Bertz CT molecular complexity index is 380. The van der Waals surface area contributed by atoms with Crippen molar-refractivity contribution in [1.82, 2.24) is 10.2 Å². The lowest BCUT2D eigenvalue weighted by Crippen LogP contribution is -2.56. The highest BCUT2D eigenvalue weighted by molar-refractivity contribution is 5.19. The van der Waals surface area contributed by atoms with Crippen molar-refractivity contribution in [2.75, 3.05) is 13.1 Å². The van der Waals surface area contributed by atoms with Gasteiger partial charge in [-0.1, -0.05) is 0 Å². The summed E-state index contributed by atoms with van der Waals surface area (Å²) in [6.07, 6.45) is 9.28. The first-order valence-electron chi connectivity index (χ1n) is 7.72. The molecule has 0 aromatic heterocycles. The van der Waals surface area contributed by atoms with Crippen molar-refractivity contribution in [3.63, 3.8) is 0 Å². The van der Waals surface area contributed by atoms with Crippen molar-refractivity contribution in [3.05, 3.63) is 0 Å². The largest absolute Gasteiger partial charge is 0.297 e. The monoisotopic (exact) mass is 245 g/mol. The minimum absolute atomic E-state index is 0.217. The van der Waals surface area contributed by atoms with Crippen molar-refractivity contribution in [1.29, 1.82) is 5.26 Å². The predicted molar refractivity (Wildman–Crippen MR) is 69.9 cm³/mol. The van der Waals surface area contributed by atoms with E-state index in [9.17, 15) is 5.26 Å². The molecule has 2 bridgehead atoms. The van der Waals surface area contributed by atoms with Gasteiger partial charge < -0.3 is 0 Å². The van der Waals surface area contributed by atoms with Crippen molar-refractivity contribution in [3.8, 4) is 6.07 Å². The van der Waals surface area contributed by atoms with Gasteiger partial charge in [0.15, 0.2) is 0 Å². The van der Waals surface area contributed by atoms with Gasteiger partial charge in [0.25, 0.3) is 0 Å². The van der Waals surface area contributed by atoms with Crippen molar-refractivity contribution in [2.24, 2.45) is 11.8 Å². The van der Waals surface area contributed by atoms with Crippen LogP contribution in [0.4, 0.5) is 0 Å². The van der Waals surface area contributed by atoms with Gasteiger partial charge in [0, 0.05) is 25.2 Å². The minimum atomic E-state index is -0.217. The average Bonchev–Trinajstić information content (AvgIpc) is 3.29. The van der Waals surface area contributed by atoms with Crippen molar-refractivity contribution < 1.29 is 0 Å². The standard InChI is InChI=1S/C15H23N3/c16-9-15(12-2-3-12,17-13-4-5-13)10-18-8-11-1-6-14(18)7-11/h11-14,17H,1-8,10H2. The second-order valence-corrected chi connectivity index (χ2v) is 7.04. The Kier molecular flexibility index (Phi) is 2.47. The van der Waals surface area contributed by atoms with Crippen LogP contribution in [0.15, 0.2) is 0 Å². The number of nitriles is 1. The third kappa shape index (κ3) is 1.87. The minimum Gasteiger partial charge on any atom is -0.297 e. The van der Waals surface area contributed by atoms with Gasteiger partial charge in [0.1, 0.15) is 5.54 Å². The van der Waals surface area contributed by atoms with Crippen LogP contribution in [0.25, 0.3) is 0 Å². The first-order valence-corrected chi connectivity index (χ1v) is 7.72. The molecule has 3 nitrogen and oxygen atoms in total. The number of piperidine rings is 1. The summed E-state index contributed by atoms with van der Waals surface area (Å²) in [4.78, 5) is 2.63. The summed E-state index contributed by atoms with van der Waals surface area (Å²) in [5.74, 6) is 1.56. The molecule has 4 aliphatic rings. The fraction of sp³-hybridized carbons (Fsp3) is 0.933. The van der Waals surface area contributed by atoms with E-state index >= 15 is 0 Å². The van der Waals surface area contributed by atoms with Gasteiger partial charge in [-0.15, -0.1) is 0 Å². The van der Waals surface area contributed by atoms with Crippen LogP contribution in [0.1, 0.15) is 44.9 Å². The Morgan fingerprint density at radius 3 is 2.50 bits per heavy atom. The van der Waals surface area contributed by atoms with E-state index in [0.29, 0.717) is 12.0 Å². The van der Waals surface area contributed by atoms with E-state index in [4.69, 9.17) is 0 Å². The Balaban J connectivity index is 1.49. The summed E-state index contributed by atoms with van der Waals surface area (Å²) in [5, 5.41) is 13.5. The highest BCUT2D eigenvalue weighted by atomic mass is 15.2. The third-order valence-electron chi connectivity index (χ3n) is 5.49. The Morgan fingerprint density at radius 1 is 1.17 bits per heavy atom. The average molecular weight is 245 g/mol. The highest BCUT2D eigenvalue weighted by Gasteiger charge is 2.51. The molecule has 3 unspecified atom stereocenters. The van der Waals surface area contributed by atoms with E-state index < -0.39 is 0 Å². The maximum absolute atomic E-state index is 9.75. The van der Waals surface area contributed by atoms with Crippen LogP contribution in [0, 0.1) is 23.2 Å². The molecular formula is C15H23N3. The second-order valence-electron chi connectivity index (χ2n) is 7.04. The molecule has 4 rings (SSSR count). The van der Waals surface area contributed by atoms with Gasteiger partial charge in [-0.3, -0.25) is 10.2 Å². The molecule has 1 aliphatic heterocycles. The highest BCUT2D eigenvalue weighted by Crippen LogP contribution is 2.44. The number of hydrogen-bond donors (Lipinski definition) is 1. The molecule has 0 aromatic carbocycles. The molecule has 0 spiro atoms. The molecule has 3 saturated carbocycles. The first-order chi connectivity index (χ1) is 8.79.